The Morgan fingerprint density at radius 2 is 2.06 bits per heavy atom. The van der Waals surface area contributed by atoms with Crippen LogP contribution in [-0.2, 0) is 0 Å². The summed E-state index contributed by atoms with van der Waals surface area (Å²) < 4.78 is 0. The Morgan fingerprint density at radius 1 is 1.39 bits per heavy atom. The average molecular weight is 269 g/mol. The normalized spacial score (nSPS) is 24.6. The lowest BCUT2D eigenvalue weighted by atomic mass is 9.97. The molecule has 1 aliphatic rings. The summed E-state index contributed by atoms with van der Waals surface area (Å²) in [5.74, 6) is 0.757. The first kappa shape index (κ1) is 13.6. The standard InChI is InChI=1S/C13H21ClN4/c1-13(2,3)9-17-11-7-10(14)8-18(11)12-15-5-4-6-16-12/h4-6,10-11,17H,7-9H2,1-3H3. The van der Waals surface area contributed by atoms with Crippen LogP contribution in [0, 0.1) is 5.41 Å². The molecule has 2 heterocycles. The van der Waals surface area contributed by atoms with Crippen molar-refractivity contribution in [2.24, 2.45) is 5.41 Å². The Balaban J connectivity index is 2.04. The predicted molar refractivity (Wildman–Crippen MR) is 74.9 cm³/mol. The molecule has 4 nitrogen and oxygen atoms in total. The third-order valence-corrected chi connectivity index (χ3v) is 3.24. The maximum atomic E-state index is 6.26. The van der Waals surface area contributed by atoms with E-state index in [4.69, 9.17) is 11.6 Å². The first-order valence-electron chi connectivity index (χ1n) is 6.37. The van der Waals surface area contributed by atoms with Crippen LogP contribution in [0.5, 0.6) is 0 Å². The molecule has 1 aliphatic heterocycles. The Kier molecular flexibility index (Phi) is 4.07. The van der Waals surface area contributed by atoms with Crippen LogP contribution in [0.15, 0.2) is 18.5 Å². The number of hydrogen-bond acceptors (Lipinski definition) is 4. The molecule has 0 radical (unpaired) electrons. The van der Waals surface area contributed by atoms with E-state index in [1.165, 1.54) is 0 Å². The lowest BCUT2D eigenvalue weighted by Gasteiger charge is -2.28. The zero-order valence-electron chi connectivity index (χ0n) is 11.2. The van der Waals surface area contributed by atoms with Gasteiger partial charge in [-0.3, -0.25) is 5.32 Å². The second-order valence-electron chi connectivity index (χ2n) is 5.99. The van der Waals surface area contributed by atoms with Gasteiger partial charge in [0.1, 0.15) is 0 Å². The minimum Gasteiger partial charge on any atom is -0.324 e. The topological polar surface area (TPSA) is 41.0 Å². The maximum absolute atomic E-state index is 6.26. The largest absolute Gasteiger partial charge is 0.324 e. The van der Waals surface area contributed by atoms with Gasteiger partial charge in [0.25, 0.3) is 0 Å². The molecule has 100 valence electrons. The van der Waals surface area contributed by atoms with Crippen molar-refractivity contribution in [3.8, 4) is 0 Å². The molecular weight excluding hydrogens is 248 g/mol. The molecule has 2 unspecified atom stereocenters. The summed E-state index contributed by atoms with van der Waals surface area (Å²) in [6.45, 7) is 8.40. The third-order valence-electron chi connectivity index (χ3n) is 2.93. The van der Waals surface area contributed by atoms with Crippen LogP contribution in [0.25, 0.3) is 0 Å². The van der Waals surface area contributed by atoms with Crippen LogP contribution >= 0.6 is 11.6 Å². The van der Waals surface area contributed by atoms with Crippen LogP contribution in [0.1, 0.15) is 27.2 Å². The van der Waals surface area contributed by atoms with Crippen LogP contribution in [-0.4, -0.2) is 34.6 Å². The van der Waals surface area contributed by atoms with E-state index < -0.39 is 0 Å². The Bertz CT molecular complexity index is 376. The van der Waals surface area contributed by atoms with Crippen molar-refractivity contribution in [3.05, 3.63) is 18.5 Å². The van der Waals surface area contributed by atoms with Crippen LogP contribution in [0.4, 0.5) is 5.95 Å². The molecule has 2 atom stereocenters. The van der Waals surface area contributed by atoms with Crippen molar-refractivity contribution in [1.29, 1.82) is 0 Å². The molecule has 0 aliphatic carbocycles. The molecule has 1 aromatic heterocycles. The van der Waals surface area contributed by atoms with Crippen molar-refractivity contribution < 1.29 is 0 Å². The van der Waals surface area contributed by atoms with Crippen molar-refractivity contribution >= 4 is 17.5 Å². The molecule has 0 amide bonds. The van der Waals surface area contributed by atoms with Gasteiger partial charge in [-0.25, -0.2) is 9.97 Å². The number of rotatable bonds is 3. The van der Waals surface area contributed by atoms with Gasteiger partial charge in [0, 0.05) is 25.5 Å². The van der Waals surface area contributed by atoms with Gasteiger partial charge in [0.15, 0.2) is 0 Å². The molecule has 1 N–H and O–H groups in total. The minimum atomic E-state index is 0.159. The number of alkyl halides is 1. The number of nitrogens with zero attached hydrogens (tertiary/aromatic N) is 3. The van der Waals surface area contributed by atoms with E-state index in [2.05, 4.69) is 41.0 Å². The Labute approximate surface area is 114 Å². The van der Waals surface area contributed by atoms with Gasteiger partial charge in [-0.05, 0) is 17.9 Å². The van der Waals surface area contributed by atoms with Gasteiger partial charge in [0.05, 0.1) is 11.5 Å². The van der Waals surface area contributed by atoms with Gasteiger partial charge >= 0.3 is 0 Å². The Hall–Kier alpha value is -0.870. The fraction of sp³-hybridized carbons (Fsp3) is 0.692. The number of aromatic nitrogens is 2. The number of halogens is 1. The van der Waals surface area contributed by atoms with Gasteiger partial charge in [-0.1, -0.05) is 20.8 Å². The minimum absolute atomic E-state index is 0.159. The van der Waals surface area contributed by atoms with E-state index in [1.54, 1.807) is 12.4 Å². The Morgan fingerprint density at radius 3 is 2.67 bits per heavy atom. The molecule has 5 heteroatoms. The lowest BCUT2D eigenvalue weighted by molar-refractivity contribution is 0.351. The van der Waals surface area contributed by atoms with E-state index in [-0.39, 0.29) is 17.0 Å². The van der Waals surface area contributed by atoms with Crippen molar-refractivity contribution in [2.75, 3.05) is 18.0 Å². The van der Waals surface area contributed by atoms with E-state index in [9.17, 15) is 0 Å². The highest BCUT2D eigenvalue weighted by Crippen LogP contribution is 2.24. The summed E-state index contributed by atoms with van der Waals surface area (Å²) in [6.07, 6.45) is 4.69. The summed E-state index contributed by atoms with van der Waals surface area (Å²) in [5.41, 5.74) is 0.258. The van der Waals surface area contributed by atoms with Crippen LogP contribution in [0.3, 0.4) is 0 Å². The number of anilines is 1. The molecule has 1 saturated heterocycles. The molecule has 1 fully saturated rings. The van der Waals surface area contributed by atoms with Crippen molar-refractivity contribution in [3.63, 3.8) is 0 Å². The average Bonchev–Trinajstić information content (AvgIpc) is 2.68. The molecule has 18 heavy (non-hydrogen) atoms. The highest BCUT2D eigenvalue weighted by atomic mass is 35.5. The predicted octanol–water partition coefficient (Wildman–Crippen LogP) is 2.26. The van der Waals surface area contributed by atoms with Gasteiger partial charge in [-0.15, -0.1) is 11.6 Å². The number of nitrogens with one attached hydrogen (secondary N) is 1. The summed E-state index contributed by atoms with van der Waals surface area (Å²) in [7, 11) is 0. The molecule has 0 bridgehead atoms. The summed E-state index contributed by atoms with van der Waals surface area (Å²) in [4.78, 5) is 10.8. The quantitative estimate of drug-likeness (QED) is 0.854. The second kappa shape index (κ2) is 5.41. The molecule has 0 saturated carbocycles. The summed E-state index contributed by atoms with van der Waals surface area (Å²) in [5, 5.41) is 3.72. The lowest BCUT2D eigenvalue weighted by Crippen LogP contribution is -2.45. The van der Waals surface area contributed by atoms with Crippen molar-refractivity contribution in [2.45, 2.75) is 38.7 Å². The third kappa shape index (κ3) is 3.56. The fourth-order valence-corrected chi connectivity index (χ4v) is 2.38. The van der Waals surface area contributed by atoms with Crippen LogP contribution < -0.4 is 10.2 Å². The summed E-state index contributed by atoms with van der Waals surface area (Å²) in [6, 6.07) is 1.83. The van der Waals surface area contributed by atoms with E-state index in [0.717, 1.165) is 25.5 Å². The first-order chi connectivity index (χ1) is 8.46. The highest BCUT2D eigenvalue weighted by molar-refractivity contribution is 6.21. The van der Waals surface area contributed by atoms with E-state index >= 15 is 0 Å². The zero-order chi connectivity index (χ0) is 13.2. The van der Waals surface area contributed by atoms with Gasteiger partial charge < -0.3 is 4.90 Å². The summed E-state index contributed by atoms with van der Waals surface area (Å²) >= 11 is 6.26. The second-order valence-corrected chi connectivity index (χ2v) is 6.61. The van der Waals surface area contributed by atoms with Gasteiger partial charge in [0.2, 0.25) is 5.95 Å². The van der Waals surface area contributed by atoms with E-state index in [0.29, 0.717) is 0 Å². The SMILES string of the molecule is CC(C)(C)CNC1CC(Cl)CN1c1ncccn1. The van der Waals surface area contributed by atoms with Crippen molar-refractivity contribution in [1.82, 2.24) is 15.3 Å². The smallest absolute Gasteiger partial charge is 0.226 e. The first-order valence-corrected chi connectivity index (χ1v) is 6.80. The fourth-order valence-electron chi connectivity index (χ4n) is 2.06. The number of hydrogen-bond donors (Lipinski definition) is 1. The van der Waals surface area contributed by atoms with Gasteiger partial charge in [-0.2, -0.15) is 0 Å². The van der Waals surface area contributed by atoms with E-state index in [1.807, 2.05) is 6.07 Å². The molecular formula is C13H21ClN4. The molecule has 0 aromatic carbocycles. The molecule has 1 aromatic rings. The highest BCUT2D eigenvalue weighted by Gasteiger charge is 2.32. The molecule has 0 spiro atoms. The monoisotopic (exact) mass is 268 g/mol. The maximum Gasteiger partial charge on any atom is 0.226 e. The van der Waals surface area contributed by atoms with Crippen LogP contribution in [0.2, 0.25) is 0 Å². The molecule has 2 rings (SSSR count). The zero-order valence-corrected chi connectivity index (χ0v) is 12.0.